The first-order chi connectivity index (χ1) is 8.60. The Morgan fingerprint density at radius 1 is 1.61 bits per heavy atom. The van der Waals surface area contributed by atoms with Crippen LogP contribution in [0.5, 0.6) is 0 Å². The summed E-state index contributed by atoms with van der Waals surface area (Å²) in [6.07, 6.45) is 2.80. The molecular weight excluding hydrogens is 270 g/mol. The van der Waals surface area contributed by atoms with Crippen molar-refractivity contribution in [2.24, 2.45) is 5.73 Å². The predicted octanol–water partition coefficient (Wildman–Crippen LogP) is 2.71. The number of rotatable bonds is 8. The quantitative estimate of drug-likeness (QED) is 0.800. The number of nitrogens with two attached hydrogens (primary N) is 1. The van der Waals surface area contributed by atoms with Crippen LogP contribution in [0.4, 0.5) is 0 Å². The molecule has 6 heteroatoms. The number of nitrogens with zero attached hydrogens (tertiary/aromatic N) is 2. The minimum absolute atomic E-state index is 0.0872. The first-order valence-corrected chi connectivity index (χ1v) is 7.60. The fourth-order valence-corrected chi connectivity index (χ4v) is 2.77. The molecule has 1 rings (SSSR count). The van der Waals surface area contributed by atoms with Crippen LogP contribution in [-0.4, -0.2) is 34.5 Å². The highest BCUT2D eigenvalue weighted by atomic mass is 35.5. The molecule has 104 valence electrons. The summed E-state index contributed by atoms with van der Waals surface area (Å²) >= 11 is 8.02. The maximum atomic E-state index is 6.21. The van der Waals surface area contributed by atoms with E-state index in [1.54, 1.807) is 13.3 Å². The summed E-state index contributed by atoms with van der Waals surface area (Å²) < 4.78 is 6.90. The number of thioether (sulfide) groups is 1. The van der Waals surface area contributed by atoms with E-state index in [-0.39, 0.29) is 6.04 Å². The Morgan fingerprint density at radius 2 is 2.33 bits per heavy atom. The van der Waals surface area contributed by atoms with Crippen molar-refractivity contribution in [3.05, 3.63) is 16.9 Å². The van der Waals surface area contributed by atoms with Crippen LogP contribution in [0.3, 0.4) is 0 Å². The van der Waals surface area contributed by atoms with E-state index in [1.807, 2.05) is 16.4 Å². The lowest BCUT2D eigenvalue weighted by atomic mass is 10.2. The van der Waals surface area contributed by atoms with Gasteiger partial charge in [0.1, 0.15) is 0 Å². The molecule has 1 aromatic rings. The van der Waals surface area contributed by atoms with Gasteiger partial charge in [0, 0.05) is 18.1 Å². The Balaban J connectivity index is 2.65. The Labute approximate surface area is 118 Å². The second kappa shape index (κ2) is 8.04. The number of methoxy groups -OCH3 is 1. The van der Waals surface area contributed by atoms with Crippen molar-refractivity contribution in [2.45, 2.75) is 38.1 Å². The maximum Gasteiger partial charge on any atom is 0.0834 e. The van der Waals surface area contributed by atoms with Gasteiger partial charge in [0.05, 0.1) is 36.1 Å². The molecule has 2 atom stereocenters. The fourth-order valence-electron chi connectivity index (χ4n) is 1.56. The zero-order valence-corrected chi connectivity index (χ0v) is 12.8. The van der Waals surface area contributed by atoms with Crippen LogP contribution in [0, 0.1) is 0 Å². The predicted molar refractivity (Wildman–Crippen MR) is 78.3 cm³/mol. The molecule has 18 heavy (non-hydrogen) atoms. The lowest BCUT2D eigenvalue weighted by molar-refractivity contribution is 0.182. The molecule has 0 aliphatic heterocycles. The largest absolute Gasteiger partial charge is 0.383 e. The van der Waals surface area contributed by atoms with Crippen LogP contribution in [-0.2, 0) is 11.3 Å². The maximum absolute atomic E-state index is 6.21. The smallest absolute Gasteiger partial charge is 0.0834 e. The van der Waals surface area contributed by atoms with Crippen LogP contribution < -0.4 is 5.73 Å². The first-order valence-electron chi connectivity index (χ1n) is 6.17. The van der Waals surface area contributed by atoms with Gasteiger partial charge in [0.25, 0.3) is 0 Å². The summed E-state index contributed by atoms with van der Waals surface area (Å²) in [6.45, 7) is 5.68. The molecule has 1 aromatic heterocycles. The number of aromatic nitrogens is 2. The van der Waals surface area contributed by atoms with E-state index in [2.05, 4.69) is 18.9 Å². The number of hydrogen-bond acceptors (Lipinski definition) is 4. The highest BCUT2D eigenvalue weighted by molar-refractivity contribution is 7.99. The van der Waals surface area contributed by atoms with Crippen LogP contribution >= 0.6 is 23.4 Å². The van der Waals surface area contributed by atoms with Crippen molar-refractivity contribution in [1.29, 1.82) is 0 Å². The molecule has 2 N–H and O–H groups in total. The standard InChI is InChI=1S/C12H22ClN3OS/c1-4-9(2)18-8-11(14)12-10(13)7-15-16(12)5-6-17-3/h7,9,11H,4-6,8,14H2,1-3H3. The molecule has 0 spiro atoms. The number of halogens is 1. The van der Waals surface area contributed by atoms with E-state index in [1.165, 1.54) is 0 Å². The molecule has 0 aliphatic carbocycles. The van der Waals surface area contributed by atoms with Crippen molar-refractivity contribution in [2.75, 3.05) is 19.5 Å². The molecule has 0 radical (unpaired) electrons. The lowest BCUT2D eigenvalue weighted by Gasteiger charge is -2.16. The van der Waals surface area contributed by atoms with Gasteiger partial charge in [0.2, 0.25) is 0 Å². The lowest BCUT2D eigenvalue weighted by Crippen LogP contribution is -2.21. The minimum Gasteiger partial charge on any atom is -0.383 e. The van der Waals surface area contributed by atoms with Crippen molar-refractivity contribution >= 4 is 23.4 Å². The molecule has 0 aliphatic rings. The highest BCUT2D eigenvalue weighted by Crippen LogP contribution is 2.26. The second-order valence-electron chi connectivity index (χ2n) is 4.25. The van der Waals surface area contributed by atoms with Gasteiger partial charge in [-0.2, -0.15) is 16.9 Å². The molecule has 1 heterocycles. The zero-order chi connectivity index (χ0) is 13.5. The molecular formula is C12H22ClN3OS. The zero-order valence-electron chi connectivity index (χ0n) is 11.2. The van der Waals surface area contributed by atoms with E-state index < -0.39 is 0 Å². The molecule has 0 bridgehead atoms. The molecule has 0 fully saturated rings. The van der Waals surface area contributed by atoms with Gasteiger partial charge >= 0.3 is 0 Å². The van der Waals surface area contributed by atoms with Crippen molar-refractivity contribution < 1.29 is 4.74 Å². The monoisotopic (exact) mass is 291 g/mol. The molecule has 4 nitrogen and oxygen atoms in total. The first kappa shape index (κ1) is 15.8. The Morgan fingerprint density at radius 3 is 2.94 bits per heavy atom. The minimum atomic E-state index is -0.0872. The average molecular weight is 292 g/mol. The van der Waals surface area contributed by atoms with Gasteiger partial charge in [-0.15, -0.1) is 0 Å². The van der Waals surface area contributed by atoms with Crippen molar-refractivity contribution in [1.82, 2.24) is 9.78 Å². The second-order valence-corrected chi connectivity index (χ2v) is 6.13. The van der Waals surface area contributed by atoms with Gasteiger partial charge in [-0.05, 0) is 6.42 Å². The SMILES string of the molecule is CCC(C)SCC(N)c1c(Cl)cnn1CCOC. The third-order valence-corrected chi connectivity index (χ3v) is 4.57. The van der Waals surface area contributed by atoms with E-state index in [0.717, 1.165) is 17.9 Å². The number of hydrogen-bond donors (Lipinski definition) is 1. The van der Waals surface area contributed by atoms with Gasteiger partial charge in [-0.1, -0.05) is 25.4 Å². The van der Waals surface area contributed by atoms with Crippen LogP contribution in [0.2, 0.25) is 5.02 Å². The molecule has 0 saturated heterocycles. The summed E-state index contributed by atoms with van der Waals surface area (Å²) in [4.78, 5) is 0. The van der Waals surface area contributed by atoms with E-state index in [9.17, 15) is 0 Å². The molecule has 0 amide bonds. The van der Waals surface area contributed by atoms with Crippen LogP contribution in [0.1, 0.15) is 32.0 Å². The number of ether oxygens (including phenoxy) is 1. The molecule has 0 saturated carbocycles. The average Bonchev–Trinajstić information content (AvgIpc) is 2.74. The Bertz CT molecular complexity index is 359. The Kier molecular flexibility index (Phi) is 7.07. The fraction of sp³-hybridized carbons (Fsp3) is 0.750. The van der Waals surface area contributed by atoms with Crippen LogP contribution in [0.15, 0.2) is 6.20 Å². The normalized spacial score (nSPS) is 14.7. The highest BCUT2D eigenvalue weighted by Gasteiger charge is 2.17. The Hall–Kier alpha value is -0.230. The topological polar surface area (TPSA) is 53.1 Å². The van der Waals surface area contributed by atoms with Crippen LogP contribution in [0.25, 0.3) is 0 Å². The summed E-state index contributed by atoms with van der Waals surface area (Å²) in [5.74, 6) is 0.855. The third-order valence-electron chi connectivity index (χ3n) is 2.83. The summed E-state index contributed by atoms with van der Waals surface area (Å²) in [6, 6.07) is -0.0872. The molecule has 0 aromatic carbocycles. The summed E-state index contributed by atoms with van der Waals surface area (Å²) in [7, 11) is 1.67. The summed E-state index contributed by atoms with van der Waals surface area (Å²) in [5.41, 5.74) is 7.12. The van der Waals surface area contributed by atoms with Gasteiger partial charge in [-0.3, -0.25) is 4.68 Å². The molecule has 2 unspecified atom stereocenters. The van der Waals surface area contributed by atoms with Gasteiger partial charge < -0.3 is 10.5 Å². The van der Waals surface area contributed by atoms with Crippen molar-refractivity contribution in [3.63, 3.8) is 0 Å². The van der Waals surface area contributed by atoms with E-state index >= 15 is 0 Å². The van der Waals surface area contributed by atoms with Gasteiger partial charge in [0.15, 0.2) is 0 Å². The van der Waals surface area contributed by atoms with Crippen molar-refractivity contribution in [3.8, 4) is 0 Å². The summed E-state index contributed by atoms with van der Waals surface area (Å²) in [5, 5.41) is 5.49. The van der Waals surface area contributed by atoms with E-state index in [4.69, 9.17) is 22.1 Å². The van der Waals surface area contributed by atoms with Gasteiger partial charge in [-0.25, -0.2) is 0 Å². The third kappa shape index (κ3) is 4.46. The van der Waals surface area contributed by atoms with E-state index in [0.29, 0.717) is 23.4 Å².